The van der Waals surface area contributed by atoms with Crippen molar-refractivity contribution in [2.45, 2.75) is 13.1 Å². The number of halogens is 3. The first-order valence-electron chi connectivity index (χ1n) is 5.22. The van der Waals surface area contributed by atoms with E-state index in [0.717, 1.165) is 0 Å². The summed E-state index contributed by atoms with van der Waals surface area (Å²) in [6.07, 6.45) is -3.23. The first-order valence-corrected chi connectivity index (χ1v) is 5.22. The molecule has 0 aromatic carbocycles. The molecule has 17 heavy (non-hydrogen) atoms. The number of morpholine rings is 1. The van der Waals surface area contributed by atoms with Crippen molar-refractivity contribution < 1.29 is 17.9 Å². The molecule has 1 saturated heterocycles. The highest BCUT2D eigenvalue weighted by Gasteiger charge is 2.35. The van der Waals surface area contributed by atoms with Crippen LogP contribution in [0.1, 0.15) is 11.3 Å². The molecule has 0 amide bonds. The number of nitrogens with zero attached hydrogens (tertiary/aromatic N) is 3. The third-order valence-corrected chi connectivity index (χ3v) is 2.52. The van der Waals surface area contributed by atoms with Gasteiger partial charge in [-0.05, 0) is 12.5 Å². The minimum atomic E-state index is -4.44. The maximum Gasteiger partial charge on any atom is 0.433 e. The molecular formula is C10H12F3N3O. The number of alkyl halides is 3. The summed E-state index contributed by atoms with van der Waals surface area (Å²) in [5, 5.41) is 0. The molecule has 7 heteroatoms. The Kier molecular flexibility index (Phi) is 3.19. The van der Waals surface area contributed by atoms with E-state index in [2.05, 4.69) is 9.97 Å². The van der Waals surface area contributed by atoms with E-state index in [1.165, 1.54) is 13.1 Å². The van der Waals surface area contributed by atoms with Gasteiger partial charge in [0, 0.05) is 19.3 Å². The Hall–Kier alpha value is -1.37. The topological polar surface area (TPSA) is 38.2 Å². The van der Waals surface area contributed by atoms with Crippen LogP contribution in [0.15, 0.2) is 6.20 Å². The van der Waals surface area contributed by atoms with Crippen molar-refractivity contribution in [3.8, 4) is 0 Å². The number of hydrogen-bond acceptors (Lipinski definition) is 4. The summed E-state index contributed by atoms with van der Waals surface area (Å²) in [6.45, 7) is 3.35. The van der Waals surface area contributed by atoms with Crippen LogP contribution in [-0.2, 0) is 10.9 Å². The lowest BCUT2D eigenvalue weighted by molar-refractivity contribution is -0.141. The SMILES string of the molecule is Cc1cnc(N2CCOCC2)nc1C(F)(F)F. The zero-order valence-electron chi connectivity index (χ0n) is 9.29. The summed E-state index contributed by atoms with van der Waals surface area (Å²) in [7, 11) is 0. The van der Waals surface area contributed by atoms with Crippen LogP contribution in [0.25, 0.3) is 0 Å². The molecule has 0 bridgehead atoms. The van der Waals surface area contributed by atoms with Gasteiger partial charge in [-0.1, -0.05) is 0 Å². The number of anilines is 1. The van der Waals surface area contributed by atoms with Crippen molar-refractivity contribution in [1.82, 2.24) is 9.97 Å². The minimum Gasteiger partial charge on any atom is -0.378 e. The van der Waals surface area contributed by atoms with E-state index >= 15 is 0 Å². The molecule has 0 atom stereocenters. The lowest BCUT2D eigenvalue weighted by atomic mass is 10.2. The van der Waals surface area contributed by atoms with Gasteiger partial charge < -0.3 is 9.64 Å². The second-order valence-electron chi connectivity index (χ2n) is 3.80. The fourth-order valence-electron chi connectivity index (χ4n) is 1.64. The third kappa shape index (κ3) is 2.66. The van der Waals surface area contributed by atoms with E-state index in [1.54, 1.807) is 4.90 Å². The Labute approximate surface area is 96.4 Å². The Morgan fingerprint density at radius 1 is 1.29 bits per heavy atom. The molecule has 1 aliphatic rings. The van der Waals surface area contributed by atoms with E-state index < -0.39 is 11.9 Å². The monoisotopic (exact) mass is 247 g/mol. The predicted octanol–water partition coefficient (Wildman–Crippen LogP) is 1.64. The number of ether oxygens (including phenoxy) is 1. The molecule has 0 aliphatic carbocycles. The highest BCUT2D eigenvalue weighted by atomic mass is 19.4. The first kappa shape index (κ1) is 12.1. The summed E-state index contributed by atoms with van der Waals surface area (Å²) in [6, 6.07) is 0. The van der Waals surface area contributed by atoms with E-state index in [1.807, 2.05) is 0 Å². The molecule has 2 rings (SSSR count). The van der Waals surface area contributed by atoms with Gasteiger partial charge in [0.25, 0.3) is 0 Å². The standard InChI is InChI=1S/C10H12F3N3O/c1-7-6-14-9(15-8(7)10(11,12)13)16-2-4-17-5-3-16/h6H,2-5H2,1H3. The van der Waals surface area contributed by atoms with Crippen LogP contribution in [0.3, 0.4) is 0 Å². The molecule has 0 saturated carbocycles. The number of aromatic nitrogens is 2. The zero-order valence-corrected chi connectivity index (χ0v) is 9.29. The lowest BCUT2D eigenvalue weighted by Crippen LogP contribution is -2.37. The third-order valence-electron chi connectivity index (χ3n) is 2.52. The fraction of sp³-hybridized carbons (Fsp3) is 0.600. The fourth-order valence-corrected chi connectivity index (χ4v) is 1.64. The van der Waals surface area contributed by atoms with Crippen LogP contribution < -0.4 is 4.90 Å². The Morgan fingerprint density at radius 3 is 2.53 bits per heavy atom. The van der Waals surface area contributed by atoms with Crippen molar-refractivity contribution in [3.63, 3.8) is 0 Å². The van der Waals surface area contributed by atoms with E-state index in [0.29, 0.717) is 26.3 Å². The summed E-state index contributed by atoms with van der Waals surface area (Å²) < 4.78 is 43.1. The summed E-state index contributed by atoms with van der Waals surface area (Å²) in [5.41, 5.74) is -0.830. The van der Waals surface area contributed by atoms with Crippen molar-refractivity contribution >= 4 is 5.95 Å². The second kappa shape index (κ2) is 4.48. The predicted molar refractivity (Wildman–Crippen MR) is 54.8 cm³/mol. The van der Waals surface area contributed by atoms with Crippen LogP contribution in [-0.4, -0.2) is 36.3 Å². The maximum absolute atomic E-state index is 12.7. The Morgan fingerprint density at radius 2 is 1.94 bits per heavy atom. The number of hydrogen-bond donors (Lipinski definition) is 0. The molecule has 1 aromatic heterocycles. The van der Waals surface area contributed by atoms with Gasteiger partial charge in [0.05, 0.1) is 13.2 Å². The average Bonchev–Trinajstić information content (AvgIpc) is 2.29. The van der Waals surface area contributed by atoms with Gasteiger partial charge in [0.2, 0.25) is 5.95 Å². The summed E-state index contributed by atoms with van der Waals surface area (Å²) >= 11 is 0. The van der Waals surface area contributed by atoms with Gasteiger partial charge >= 0.3 is 6.18 Å². The molecule has 0 N–H and O–H groups in total. The van der Waals surface area contributed by atoms with Crippen molar-refractivity contribution in [3.05, 3.63) is 17.5 Å². The molecule has 2 heterocycles. The first-order chi connectivity index (χ1) is 7.98. The molecule has 0 unspecified atom stereocenters. The van der Waals surface area contributed by atoms with Crippen molar-refractivity contribution in [2.75, 3.05) is 31.2 Å². The molecule has 94 valence electrons. The molecule has 0 radical (unpaired) electrons. The Bertz CT molecular complexity index is 402. The van der Waals surface area contributed by atoms with Gasteiger partial charge in [-0.15, -0.1) is 0 Å². The van der Waals surface area contributed by atoms with Gasteiger partial charge in [0.15, 0.2) is 5.69 Å². The highest BCUT2D eigenvalue weighted by molar-refractivity contribution is 5.34. The number of aryl methyl sites for hydroxylation is 1. The van der Waals surface area contributed by atoms with Crippen molar-refractivity contribution in [2.24, 2.45) is 0 Å². The van der Waals surface area contributed by atoms with E-state index in [-0.39, 0.29) is 11.5 Å². The van der Waals surface area contributed by atoms with Crippen LogP contribution in [0, 0.1) is 6.92 Å². The van der Waals surface area contributed by atoms with Crippen LogP contribution >= 0.6 is 0 Å². The molecule has 0 spiro atoms. The minimum absolute atomic E-state index is 0.0366. The van der Waals surface area contributed by atoms with Gasteiger partial charge in [-0.25, -0.2) is 9.97 Å². The zero-order chi connectivity index (χ0) is 12.5. The van der Waals surface area contributed by atoms with Crippen LogP contribution in [0.5, 0.6) is 0 Å². The second-order valence-corrected chi connectivity index (χ2v) is 3.80. The Balaban J connectivity index is 2.30. The largest absolute Gasteiger partial charge is 0.433 e. The molecule has 1 aromatic rings. The molecule has 1 fully saturated rings. The van der Waals surface area contributed by atoms with Gasteiger partial charge in [0.1, 0.15) is 0 Å². The normalized spacial score (nSPS) is 17.3. The van der Waals surface area contributed by atoms with Crippen LogP contribution in [0.2, 0.25) is 0 Å². The van der Waals surface area contributed by atoms with E-state index in [9.17, 15) is 13.2 Å². The quantitative estimate of drug-likeness (QED) is 0.756. The molecule has 1 aliphatic heterocycles. The maximum atomic E-state index is 12.7. The van der Waals surface area contributed by atoms with Gasteiger partial charge in [-0.2, -0.15) is 13.2 Å². The van der Waals surface area contributed by atoms with Gasteiger partial charge in [-0.3, -0.25) is 0 Å². The molecule has 4 nitrogen and oxygen atoms in total. The lowest BCUT2D eigenvalue weighted by Gasteiger charge is -2.27. The average molecular weight is 247 g/mol. The highest BCUT2D eigenvalue weighted by Crippen LogP contribution is 2.30. The number of rotatable bonds is 1. The van der Waals surface area contributed by atoms with Crippen LogP contribution in [0.4, 0.5) is 19.1 Å². The summed E-state index contributed by atoms with van der Waals surface area (Å²) in [4.78, 5) is 9.23. The molecular weight excluding hydrogens is 235 g/mol. The smallest absolute Gasteiger partial charge is 0.378 e. The van der Waals surface area contributed by atoms with E-state index in [4.69, 9.17) is 4.74 Å². The van der Waals surface area contributed by atoms with Crippen molar-refractivity contribution in [1.29, 1.82) is 0 Å². The summed E-state index contributed by atoms with van der Waals surface area (Å²) in [5.74, 6) is 0.117.